The number of ether oxygens (including phenoxy) is 1. The Morgan fingerprint density at radius 1 is 1.47 bits per heavy atom. The van der Waals surface area contributed by atoms with E-state index in [4.69, 9.17) is 4.74 Å². The Hall–Kier alpha value is -1.26. The van der Waals surface area contributed by atoms with Crippen LogP contribution in [-0.4, -0.2) is 12.1 Å². The third-order valence-corrected chi connectivity index (χ3v) is 2.76. The molecule has 2 aromatic rings. The highest BCUT2D eigenvalue weighted by Gasteiger charge is 2.04. The van der Waals surface area contributed by atoms with Gasteiger partial charge in [0.2, 0.25) is 0 Å². The van der Waals surface area contributed by atoms with Gasteiger partial charge in [-0.1, -0.05) is 12.1 Å². The van der Waals surface area contributed by atoms with Gasteiger partial charge >= 0.3 is 0 Å². The van der Waals surface area contributed by atoms with Gasteiger partial charge in [0.15, 0.2) is 0 Å². The van der Waals surface area contributed by atoms with E-state index in [0.717, 1.165) is 16.3 Å². The maximum absolute atomic E-state index is 13.0. The second kappa shape index (κ2) is 4.51. The number of rotatable bonds is 3. The Bertz CT molecular complexity index is 455. The number of methoxy groups -OCH3 is 1. The molecule has 0 atom stereocenters. The average molecular weight is 223 g/mol. The van der Waals surface area contributed by atoms with Crippen LogP contribution in [0.1, 0.15) is 5.01 Å². The van der Waals surface area contributed by atoms with E-state index in [9.17, 15) is 4.39 Å². The van der Waals surface area contributed by atoms with Gasteiger partial charge in [-0.15, -0.1) is 11.3 Å². The van der Waals surface area contributed by atoms with Crippen molar-refractivity contribution < 1.29 is 9.13 Å². The largest absolute Gasteiger partial charge is 0.378 e. The second-order valence-electron chi connectivity index (χ2n) is 3.07. The number of hydrogen-bond acceptors (Lipinski definition) is 3. The molecule has 78 valence electrons. The highest BCUT2D eigenvalue weighted by atomic mass is 32.1. The standard InChI is InChI=1S/C11H10FNOS/c1-14-6-11-13-10(7-15-11)8-3-2-4-9(12)5-8/h2-5,7H,6H2,1H3. The fraction of sp³-hybridized carbons (Fsp3) is 0.182. The monoisotopic (exact) mass is 223 g/mol. The van der Waals surface area contributed by atoms with Gasteiger partial charge in [-0.2, -0.15) is 0 Å². The van der Waals surface area contributed by atoms with Crippen LogP contribution in [0.15, 0.2) is 29.6 Å². The van der Waals surface area contributed by atoms with Crippen molar-refractivity contribution in [3.63, 3.8) is 0 Å². The molecule has 0 aliphatic carbocycles. The lowest BCUT2D eigenvalue weighted by Crippen LogP contribution is -1.86. The molecular formula is C11H10FNOS. The predicted octanol–water partition coefficient (Wildman–Crippen LogP) is 3.10. The number of hydrogen-bond donors (Lipinski definition) is 0. The Balaban J connectivity index is 2.29. The van der Waals surface area contributed by atoms with Crippen LogP contribution in [0.25, 0.3) is 11.3 Å². The van der Waals surface area contributed by atoms with Crippen LogP contribution in [0.2, 0.25) is 0 Å². The second-order valence-corrected chi connectivity index (χ2v) is 4.01. The van der Waals surface area contributed by atoms with Gasteiger partial charge in [-0.05, 0) is 12.1 Å². The molecule has 4 heteroatoms. The summed E-state index contributed by atoms with van der Waals surface area (Å²) in [6, 6.07) is 6.42. The SMILES string of the molecule is COCc1nc(-c2cccc(F)c2)cs1. The normalized spacial score (nSPS) is 10.5. The van der Waals surface area contributed by atoms with Gasteiger partial charge in [0.05, 0.1) is 12.3 Å². The molecule has 2 nitrogen and oxygen atoms in total. The maximum atomic E-state index is 13.0. The fourth-order valence-corrected chi connectivity index (χ4v) is 2.05. The van der Waals surface area contributed by atoms with Crippen molar-refractivity contribution in [2.45, 2.75) is 6.61 Å². The van der Waals surface area contributed by atoms with Crippen LogP contribution < -0.4 is 0 Å². The maximum Gasteiger partial charge on any atom is 0.123 e. The van der Waals surface area contributed by atoms with Crippen LogP contribution in [0.4, 0.5) is 4.39 Å². The number of halogens is 1. The first-order valence-corrected chi connectivity index (χ1v) is 5.37. The predicted molar refractivity (Wildman–Crippen MR) is 58.2 cm³/mol. The highest BCUT2D eigenvalue weighted by molar-refractivity contribution is 7.09. The molecule has 2 rings (SSSR count). The van der Waals surface area contributed by atoms with Gasteiger partial charge < -0.3 is 4.74 Å². The van der Waals surface area contributed by atoms with Crippen LogP contribution in [0.5, 0.6) is 0 Å². The van der Waals surface area contributed by atoms with Gasteiger partial charge in [0.25, 0.3) is 0 Å². The minimum absolute atomic E-state index is 0.242. The molecule has 0 saturated carbocycles. The highest BCUT2D eigenvalue weighted by Crippen LogP contribution is 2.22. The Morgan fingerprint density at radius 2 is 2.33 bits per heavy atom. The molecule has 0 saturated heterocycles. The van der Waals surface area contributed by atoms with Crippen molar-refractivity contribution in [1.82, 2.24) is 4.98 Å². The first kappa shape index (κ1) is 10.3. The first-order valence-electron chi connectivity index (χ1n) is 4.49. The molecule has 0 unspecified atom stereocenters. The Labute approximate surface area is 91.4 Å². The number of thiazole rings is 1. The molecule has 0 radical (unpaired) electrons. The summed E-state index contributed by atoms with van der Waals surface area (Å²) in [5, 5.41) is 2.81. The number of benzene rings is 1. The number of aromatic nitrogens is 1. The van der Waals surface area contributed by atoms with E-state index in [1.807, 2.05) is 11.4 Å². The topological polar surface area (TPSA) is 22.1 Å². The summed E-state index contributed by atoms with van der Waals surface area (Å²) < 4.78 is 17.9. The summed E-state index contributed by atoms with van der Waals surface area (Å²) >= 11 is 1.52. The summed E-state index contributed by atoms with van der Waals surface area (Å²) in [6.45, 7) is 0.500. The summed E-state index contributed by atoms with van der Waals surface area (Å²) in [4.78, 5) is 4.34. The molecule has 0 aliphatic rings. The zero-order chi connectivity index (χ0) is 10.7. The van der Waals surface area contributed by atoms with E-state index in [1.54, 1.807) is 13.2 Å². The molecule has 1 aromatic heterocycles. The van der Waals surface area contributed by atoms with E-state index < -0.39 is 0 Å². The third kappa shape index (κ3) is 2.40. The molecule has 1 aromatic carbocycles. The van der Waals surface area contributed by atoms with Crippen molar-refractivity contribution in [2.75, 3.05) is 7.11 Å². The minimum atomic E-state index is -0.242. The summed E-state index contributed by atoms with van der Waals surface area (Å²) in [5.41, 5.74) is 1.60. The van der Waals surface area contributed by atoms with E-state index in [-0.39, 0.29) is 5.82 Å². The van der Waals surface area contributed by atoms with Crippen molar-refractivity contribution in [2.24, 2.45) is 0 Å². The lowest BCUT2D eigenvalue weighted by molar-refractivity contribution is 0.184. The molecule has 0 fully saturated rings. The summed E-state index contributed by atoms with van der Waals surface area (Å²) in [6.07, 6.45) is 0. The molecule has 0 bridgehead atoms. The molecule has 0 aliphatic heterocycles. The van der Waals surface area contributed by atoms with Crippen molar-refractivity contribution in [3.8, 4) is 11.3 Å². The lowest BCUT2D eigenvalue weighted by Gasteiger charge is -1.96. The quantitative estimate of drug-likeness (QED) is 0.797. The molecule has 0 spiro atoms. The van der Waals surface area contributed by atoms with Gasteiger partial charge in [0.1, 0.15) is 10.8 Å². The van der Waals surface area contributed by atoms with Gasteiger partial charge in [-0.3, -0.25) is 0 Å². The van der Waals surface area contributed by atoms with Crippen molar-refractivity contribution >= 4 is 11.3 Å². The zero-order valence-electron chi connectivity index (χ0n) is 8.24. The molecule has 1 heterocycles. The van der Waals surface area contributed by atoms with E-state index in [0.29, 0.717) is 6.61 Å². The average Bonchev–Trinajstić information content (AvgIpc) is 2.67. The van der Waals surface area contributed by atoms with Gasteiger partial charge in [-0.25, -0.2) is 9.37 Å². The van der Waals surface area contributed by atoms with Crippen molar-refractivity contribution in [1.29, 1.82) is 0 Å². The van der Waals surface area contributed by atoms with E-state index in [2.05, 4.69) is 4.98 Å². The Morgan fingerprint density at radius 3 is 3.07 bits per heavy atom. The van der Waals surface area contributed by atoms with E-state index >= 15 is 0 Å². The summed E-state index contributed by atoms with van der Waals surface area (Å²) in [5.74, 6) is -0.242. The fourth-order valence-electron chi connectivity index (χ4n) is 1.28. The third-order valence-electron chi connectivity index (χ3n) is 1.94. The molecule has 0 amide bonds. The van der Waals surface area contributed by atoms with Crippen LogP contribution in [0, 0.1) is 5.82 Å². The van der Waals surface area contributed by atoms with Crippen LogP contribution in [0.3, 0.4) is 0 Å². The first-order chi connectivity index (χ1) is 7.29. The van der Waals surface area contributed by atoms with Crippen LogP contribution >= 0.6 is 11.3 Å². The van der Waals surface area contributed by atoms with Crippen LogP contribution in [-0.2, 0) is 11.3 Å². The van der Waals surface area contributed by atoms with E-state index in [1.165, 1.54) is 23.5 Å². The number of nitrogens with zero attached hydrogens (tertiary/aromatic N) is 1. The minimum Gasteiger partial charge on any atom is -0.378 e. The smallest absolute Gasteiger partial charge is 0.123 e. The summed E-state index contributed by atoms with van der Waals surface area (Å²) in [7, 11) is 1.63. The van der Waals surface area contributed by atoms with Crippen molar-refractivity contribution in [3.05, 3.63) is 40.5 Å². The molecule has 0 N–H and O–H groups in total. The molecule has 15 heavy (non-hydrogen) atoms. The zero-order valence-corrected chi connectivity index (χ0v) is 9.05. The van der Waals surface area contributed by atoms with Gasteiger partial charge in [0, 0.05) is 18.1 Å². The lowest BCUT2D eigenvalue weighted by atomic mass is 10.2. The Kier molecular flexibility index (Phi) is 3.08. The molecular weight excluding hydrogens is 213 g/mol.